The molecule has 4 rings (SSSR count). The van der Waals surface area contributed by atoms with E-state index in [2.05, 4.69) is 0 Å². The molecule has 1 N–H and O–H groups in total. The maximum absolute atomic E-state index is 13.0. The van der Waals surface area contributed by atoms with Gasteiger partial charge in [0.25, 0.3) is 0 Å². The molecule has 0 amide bonds. The zero-order chi connectivity index (χ0) is 31.2. The molecule has 232 valence electrons. The lowest BCUT2D eigenvalue weighted by Gasteiger charge is -2.57. The molecule has 13 heteroatoms. The molecule has 10 unspecified atom stereocenters. The first kappa shape index (κ1) is 31.6. The molecule has 0 aromatic heterocycles. The summed E-state index contributed by atoms with van der Waals surface area (Å²) in [4.78, 5) is 63.0. The fraction of sp³-hybridized carbons (Fsp3) is 0.690. The molecule has 2 aliphatic heterocycles. The van der Waals surface area contributed by atoms with Gasteiger partial charge in [0.1, 0.15) is 30.0 Å². The van der Waals surface area contributed by atoms with E-state index in [1.165, 1.54) is 40.9 Å². The second-order valence-electron chi connectivity index (χ2n) is 11.6. The van der Waals surface area contributed by atoms with Crippen LogP contribution in [0.25, 0.3) is 0 Å². The minimum atomic E-state index is -2.20. The van der Waals surface area contributed by atoms with E-state index in [9.17, 15) is 29.1 Å². The summed E-state index contributed by atoms with van der Waals surface area (Å²) in [5, 5.41) is 12.6. The summed E-state index contributed by atoms with van der Waals surface area (Å²) in [7, 11) is 1.45. The minimum absolute atomic E-state index is 0.000953. The molecule has 0 aromatic carbocycles. The van der Waals surface area contributed by atoms with Gasteiger partial charge < -0.3 is 38.3 Å². The van der Waals surface area contributed by atoms with Crippen LogP contribution in [0.15, 0.2) is 23.8 Å². The maximum atomic E-state index is 13.0. The second-order valence-corrected chi connectivity index (χ2v) is 11.6. The largest absolute Gasteiger partial charge is 0.462 e. The Kier molecular flexibility index (Phi) is 8.60. The summed E-state index contributed by atoms with van der Waals surface area (Å²) in [6.45, 7) is 7.90. The van der Waals surface area contributed by atoms with Gasteiger partial charge in [0, 0.05) is 47.1 Å². The first-order chi connectivity index (χ1) is 19.6. The molecule has 1 spiro atoms. The number of epoxide rings is 1. The van der Waals surface area contributed by atoms with Crippen LogP contribution in [0, 0.1) is 17.3 Å². The Balaban J connectivity index is 2.09. The van der Waals surface area contributed by atoms with Gasteiger partial charge in [0.15, 0.2) is 11.7 Å². The summed E-state index contributed by atoms with van der Waals surface area (Å²) < 4.78 is 40.3. The average molecular weight is 595 g/mol. The van der Waals surface area contributed by atoms with E-state index >= 15 is 0 Å². The van der Waals surface area contributed by atoms with Crippen molar-refractivity contribution in [1.29, 1.82) is 0 Å². The lowest BCUT2D eigenvalue weighted by atomic mass is 9.52. The van der Waals surface area contributed by atoms with E-state index < -0.39 is 88.8 Å². The summed E-state index contributed by atoms with van der Waals surface area (Å²) >= 11 is 0. The number of esters is 5. The summed E-state index contributed by atoms with van der Waals surface area (Å²) in [6.07, 6.45) is -1.57. The van der Waals surface area contributed by atoms with Gasteiger partial charge in [-0.05, 0) is 24.6 Å². The highest BCUT2D eigenvalue weighted by atomic mass is 16.6. The van der Waals surface area contributed by atoms with E-state index in [4.69, 9.17) is 33.2 Å². The van der Waals surface area contributed by atoms with Gasteiger partial charge in [0.2, 0.25) is 0 Å². The van der Waals surface area contributed by atoms with Crippen LogP contribution in [0.3, 0.4) is 0 Å². The summed E-state index contributed by atoms with van der Waals surface area (Å²) in [5.41, 5.74) is -4.61. The Labute approximate surface area is 243 Å². The van der Waals surface area contributed by atoms with Crippen molar-refractivity contribution in [1.82, 2.24) is 0 Å². The Morgan fingerprint density at radius 3 is 2.07 bits per heavy atom. The highest BCUT2D eigenvalue weighted by molar-refractivity contribution is 5.78. The molecule has 3 fully saturated rings. The standard InChI is InChI=1S/C29H38O13/c1-14-26(34)42-23-10-19(12-36-7)8-9-20(38-15(2)30)27(6)21(39-16(3)31)11-22(40-17(4)32)28(13-37-28)24(27)25(29(14,23)35)41-18(5)33/h8-10,14,20-25,35H,11-13H2,1-7H3. The van der Waals surface area contributed by atoms with Gasteiger partial charge in [-0.1, -0.05) is 13.0 Å². The molecule has 42 heavy (non-hydrogen) atoms. The van der Waals surface area contributed by atoms with Crippen LogP contribution >= 0.6 is 0 Å². The highest BCUT2D eigenvalue weighted by Crippen LogP contribution is 2.62. The van der Waals surface area contributed by atoms with Crippen LogP contribution in [0.5, 0.6) is 0 Å². The smallest absolute Gasteiger partial charge is 0.312 e. The quantitative estimate of drug-likeness (QED) is 0.262. The molecule has 4 aliphatic rings. The number of carbonyl (C=O) groups excluding carboxylic acids is 5. The Hall–Kier alpha value is -3.29. The lowest BCUT2D eigenvalue weighted by molar-refractivity contribution is -0.252. The molecule has 10 atom stereocenters. The number of aliphatic hydroxyl groups is 1. The van der Waals surface area contributed by atoms with E-state index in [0.29, 0.717) is 5.57 Å². The molecule has 2 aliphatic carbocycles. The molecule has 0 aromatic rings. The fourth-order valence-corrected chi connectivity index (χ4v) is 6.91. The number of rotatable bonds is 6. The molecular formula is C29H38O13. The molecule has 0 radical (unpaired) electrons. The third-order valence-corrected chi connectivity index (χ3v) is 8.82. The van der Waals surface area contributed by atoms with Gasteiger partial charge in [-0.2, -0.15) is 0 Å². The van der Waals surface area contributed by atoms with Crippen molar-refractivity contribution in [3.05, 3.63) is 23.8 Å². The molecule has 0 bridgehead atoms. The van der Waals surface area contributed by atoms with Crippen molar-refractivity contribution in [3.63, 3.8) is 0 Å². The topological polar surface area (TPSA) is 173 Å². The van der Waals surface area contributed by atoms with Crippen LogP contribution in [0.4, 0.5) is 0 Å². The average Bonchev–Trinajstić information content (AvgIpc) is 3.63. The van der Waals surface area contributed by atoms with Gasteiger partial charge in [-0.15, -0.1) is 0 Å². The first-order valence-electron chi connectivity index (χ1n) is 13.7. The van der Waals surface area contributed by atoms with Gasteiger partial charge >= 0.3 is 29.8 Å². The Morgan fingerprint density at radius 2 is 1.55 bits per heavy atom. The number of fused-ring (bicyclic) bond motifs is 3. The van der Waals surface area contributed by atoms with Crippen molar-refractivity contribution in [2.24, 2.45) is 17.3 Å². The van der Waals surface area contributed by atoms with Crippen molar-refractivity contribution in [2.75, 3.05) is 20.3 Å². The normalized spacial score (nSPS) is 40.5. The van der Waals surface area contributed by atoms with Crippen LogP contribution in [-0.4, -0.2) is 97.0 Å². The van der Waals surface area contributed by atoms with Crippen molar-refractivity contribution in [2.45, 2.75) is 89.7 Å². The van der Waals surface area contributed by atoms with E-state index in [-0.39, 0.29) is 19.6 Å². The van der Waals surface area contributed by atoms with Gasteiger partial charge in [-0.3, -0.25) is 24.0 Å². The molecular weight excluding hydrogens is 556 g/mol. The Bertz CT molecular complexity index is 1200. The highest BCUT2D eigenvalue weighted by Gasteiger charge is 2.78. The number of hydrogen-bond donors (Lipinski definition) is 1. The predicted octanol–water partition coefficient (Wildman–Crippen LogP) is 0.944. The van der Waals surface area contributed by atoms with E-state index in [0.717, 1.165) is 6.92 Å². The third-order valence-electron chi connectivity index (χ3n) is 8.82. The number of methoxy groups -OCH3 is 1. The zero-order valence-electron chi connectivity index (χ0n) is 24.7. The molecule has 2 heterocycles. The number of hydrogen-bond acceptors (Lipinski definition) is 13. The van der Waals surface area contributed by atoms with Gasteiger partial charge in [-0.25, -0.2) is 0 Å². The summed E-state index contributed by atoms with van der Waals surface area (Å²) in [5.74, 6) is -5.92. The monoisotopic (exact) mass is 594 g/mol. The third kappa shape index (κ3) is 5.33. The molecule has 1 saturated carbocycles. The maximum Gasteiger partial charge on any atom is 0.312 e. The van der Waals surface area contributed by atoms with Crippen molar-refractivity contribution >= 4 is 29.8 Å². The SMILES string of the molecule is COCC1=CC2OC(=O)C(C)C2(O)C(OC(C)=O)C2C3(CO3)C(OC(C)=O)CC(OC(C)=O)C2(C)C(OC(C)=O)C=C1. The predicted molar refractivity (Wildman–Crippen MR) is 140 cm³/mol. The fourth-order valence-electron chi connectivity index (χ4n) is 6.91. The van der Waals surface area contributed by atoms with Crippen LogP contribution in [0.2, 0.25) is 0 Å². The Morgan fingerprint density at radius 1 is 0.976 bits per heavy atom. The second kappa shape index (κ2) is 11.4. The van der Waals surface area contributed by atoms with E-state index in [1.807, 2.05) is 0 Å². The van der Waals surface area contributed by atoms with Crippen LogP contribution in [-0.2, 0) is 57.1 Å². The summed E-state index contributed by atoms with van der Waals surface area (Å²) in [6, 6.07) is 0. The molecule has 2 saturated heterocycles. The molecule has 13 nitrogen and oxygen atoms in total. The van der Waals surface area contributed by atoms with Crippen molar-refractivity contribution in [3.8, 4) is 0 Å². The van der Waals surface area contributed by atoms with Crippen molar-refractivity contribution < 1.29 is 62.2 Å². The minimum Gasteiger partial charge on any atom is -0.462 e. The number of ether oxygens (including phenoxy) is 7. The first-order valence-corrected chi connectivity index (χ1v) is 13.7. The lowest BCUT2D eigenvalue weighted by Crippen LogP contribution is -2.71. The van der Waals surface area contributed by atoms with E-state index in [1.54, 1.807) is 19.1 Å². The number of carbonyl (C=O) groups is 5. The van der Waals surface area contributed by atoms with Crippen LogP contribution in [0.1, 0.15) is 48.0 Å². The van der Waals surface area contributed by atoms with Crippen LogP contribution < -0.4 is 0 Å². The van der Waals surface area contributed by atoms with Gasteiger partial charge in [0.05, 0.1) is 24.5 Å². The zero-order valence-corrected chi connectivity index (χ0v) is 24.7.